The van der Waals surface area contributed by atoms with E-state index in [9.17, 15) is 20.3 Å². The van der Waals surface area contributed by atoms with Gasteiger partial charge in [0.05, 0.1) is 0 Å². The number of nitrogens with zero attached hydrogens (tertiary/aromatic N) is 1. The molecule has 0 aliphatic carbocycles. The van der Waals surface area contributed by atoms with E-state index in [0.29, 0.717) is 12.0 Å². The zero-order chi connectivity index (χ0) is 14.4. The number of aliphatic hydroxyl groups is 1. The van der Waals surface area contributed by atoms with Gasteiger partial charge in [-0.2, -0.15) is 0 Å². The average Bonchev–Trinajstić information content (AvgIpc) is 2.36. The first-order valence-corrected chi connectivity index (χ1v) is 16.4. The Balaban J connectivity index is 2.98. The van der Waals surface area contributed by atoms with E-state index in [2.05, 4.69) is 0 Å². The molecule has 0 radical (unpaired) electrons. The van der Waals surface area contributed by atoms with Crippen molar-refractivity contribution in [3.8, 4) is 11.5 Å². The van der Waals surface area contributed by atoms with Gasteiger partial charge in [-0.3, -0.25) is 0 Å². The molecular weight excluding hydrogens is 462 g/mol. The minimum absolute atomic E-state index is 0.0440. The van der Waals surface area contributed by atoms with Gasteiger partial charge in [-0.1, -0.05) is 0 Å². The Kier molecular flexibility index (Phi) is 6.81. The second-order valence-electron chi connectivity index (χ2n) is 4.10. The maximum atomic E-state index is 11.0. The van der Waals surface area contributed by atoms with E-state index >= 15 is 0 Å². The molecule has 0 aliphatic rings. The first-order valence-electron chi connectivity index (χ1n) is 5.77. The molecule has 0 aromatic heterocycles. The van der Waals surface area contributed by atoms with E-state index in [1.165, 1.54) is 19.2 Å². The first-order chi connectivity index (χ1) is 8.99. The normalized spacial score (nSPS) is 11.7. The quantitative estimate of drug-likeness (QED) is 0.358. The summed E-state index contributed by atoms with van der Waals surface area (Å²) in [6, 6.07) is 2.43. The number of phenols is 1. The monoisotopic (exact) mass is 477 g/mol. The molecule has 0 heterocycles. The molecule has 1 atom stereocenters. The van der Waals surface area contributed by atoms with Crippen LogP contribution in [0, 0.1) is 10.1 Å². The van der Waals surface area contributed by atoms with Crippen molar-refractivity contribution in [1.29, 1.82) is 0 Å². The van der Waals surface area contributed by atoms with Gasteiger partial charge < -0.3 is 0 Å². The summed E-state index contributed by atoms with van der Waals surface area (Å²) in [5, 5.41) is 30.4. The summed E-state index contributed by atoms with van der Waals surface area (Å²) in [5.74, 6) is -0.129. The number of halogens is 1. The van der Waals surface area contributed by atoms with Crippen LogP contribution in [-0.4, -0.2) is 28.4 Å². The second-order valence-corrected chi connectivity index (χ2v) is 11.6. The molecule has 0 amide bonds. The van der Waals surface area contributed by atoms with E-state index < -0.39 is 34.4 Å². The zero-order valence-corrected chi connectivity index (χ0v) is 16.8. The summed E-state index contributed by atoms with van der Waals surface area (Å²) in [6.07, 6.45) is -0.00150. The number of aliphatic hydroxyl groups excluding tert-OH is 1. The fourth-order valence-electron chi connectivity index (χ4n) is 1.77. The Bertz CT molecular complexity index is 457. The standard InChI is InChI=1S/C11H14NO5.ClH.Hg/c1-3-8(13)4-7-5-10(14)11(17-2)6-9(7)12(15)16;;/h5-6,8,13-14H,1,3-4H2,2H3;1H;/q;;+1/p-1. The summed E-state index contributed by atoms with van der Waals surface area (Å²) in [6.45, 7) is 0. The van der Waals surface area contributed by atoms with E-state index in [1.54, 1.807) is 0 Å². The average molecular weight is 476 g/mol. The Hall–Kier alpha value is -0.595. The van der Waals surface area contributed by atoms with Crippen molar-refractivity contribution in [3.05, 3.63) is 27.8 Å². The Labute approximate surface area is 126 Å². The van der Waals surface area contributed by atoms with Gasteiger partial charge in [0.15, 0.2) is 0 Å². The maximum absolute atomic E-state index is 11.0. The molecule has 6 nitrogen and oxygen atoms in total. The van der Waals surface area contributed by atoms with Crippen LogP contribution < -0.4 is 4.74 Å². The molecule has 1 rings (SSSR count). The summed E-state index contributed by atoms with van der Waals surface area (Å²) < 4.78 is 5.68. The van der Waals surface area contributed by atoms with Crippen LogP contribution in [0.5, 0.6) is 11.5 Å². The fraction of sp³-hybridized carbons (Fsp3) is 0.455. The van der Waals surface area contributed by atoms with Gasteiger partial charge in [0.1, 0.15) is 0 Å². The van der Waals surface area contributed by atoms with E-state index in [4.69, 9.17) is 13.0 Å². The number of nitro benzene ring substituents is 1. The molecule has 0 saturated carbocycles. The number of benzene rings is 1. The van der Waals surface area contributed by atoms with Gasteiger partial charge in [-0.05, 0) is 0 Å². The fourth-order valence-corrected chi connectivity index (χ4v) is 5.55. The second kappa shape index (κ2) is 7.86. The Morgan fingerprint density at radius 2 is 2.26 bits per heavy atom. The number of hydrogen-bond donors (Lipinski definition) is 2. The molecule has 1 aromatic rings. The summed E-state index contributed by atoms with van der Waals surface area (Å²) >= 11 is -1.30. The molecule has 1 unspecified atom stereocenters. The van der Waals surface area contributed by atoms with Gasteiger partial charge in [-0.15, -0.1) is 0 Å². The van der Waals surface area contributed by atoms with Crippen LogP contribution in [0.3, 0.4) is 0 Å². The van der Waals surface area contributed by atoms with Crippen molar-refractivity contribution >= 4 is 13.9 Å². The summed E-state index contributed by atoms with van der Waals surface area (Å²) in [5.41, 5.74) is 0.131. The number of aromatic hydroxyl groups is 1. The van der Waals surface area contributed by atoms with Crippen molar-refractivity contribution in [2.45, 2.75) is 22.9 Å². The van der Waals surface area contributed by atoms with Gasteiger partial charge in [0.25, 0.3) is 0 Å². The number of ether oxygens (including phenoxy) is 1. The molecule has 0 bridgehead atoms. The predicted octanol–water partition coefficient (Wildman–Crippen LogP) is 2.26. The third-order valence-corrected chi connectivity index (χ3v) is 7.67. The Morgan fingerprint density at radius 1 is 1.58 bits per heavy atom. The van der Waals surface area contributed by atoms with Crippen molar-refractivity contribution in [1.82, 2.24) is 0 Å². The van der Waals surface area contributed by atoms with Crippen LogP contribution in [-0.2, 0) is 29.8 Å². The third kappa shape index (κ3) is 4.78. The van der Waals surface area contributed by atoms with Crippen molar-refractivity contribution in [3.63, 3.8) is 0 Å². The number of rotatable bonds is 7. The molecule has 19 heavy (non-hydrogen) atoms. The van der Waals surface area contributed by atoms with Crippen LogP contribution in [0.15, 0.2) is 12.1 Å². The molecule has 8 heteroatoms. The molecular formula is C11H14ClHgNO5. The van der Waals surface area contributed by atoms with Crippen LogP contribution in [0.25, 0.3) is 0 Å². The number of hydrogen-bond acceptors (Lipinski definition) is 5. The predicted molar refractivity (Wildman–Crippen MR) is 66.3 cm³/mol. The number of methoxy groups -OCH3 is 1. The molecule has 0 spiro atoms. The molecule has 1 aromatic carbocycles. The first kappa shape index (κ1) is 16.5. The SMILES string of the molecule is COc1cc([N+](=O)[O-])c(CC(O)C[CH2][Hg][Cl])cc1O. The number of phenolic OH excluding ortho intramolecular Hbond substituents is 1. The molecule has 0 aliphatic heterocycles. The zero-order valence-electron chi connectivity index (χ0n) is 10.5. The van der Waals surface area contributed by atoms with E-state index in [0.717, 1.165) is 3.93 Å². The van der Waals surface area contributed by atoms with Crippen LogP contribution >= 0.6 is 8.25 Å². The van der Waals surface area contributed by atoms with Crippen LogP contribution in [0.2, 0.25) is 3.93 Å². The minimum atomic E-state index is -1.30. The third-order valence-electron chi connectivity index (χ3n) is 2.70. The molecule has 0 fully saturated rings. The van der Waals surface area contributed by atoms with E-state index in [1.807, 2.05) is 0 Å². The van der Waals surface area contributed by atoms with Crippen LogP contribution in [0.4, 0.5) is 5.69 Å². The summed E-state index contributed by atoms with van der Waals surface area (Å²) in [4.78, 5) is 10.4. The van der Waals surface area contributed by atoms with Gasteiger partial charge in [0.2, 0.25) is 0 Å². The van der Waals surface area contributed by atoms with Crippen molar-refractivity contribution in [2.24, 2.45) is 0 Å². The topological polar surface area (TPSA) is 92.8 Å². The van der Waals surface area contributed by atoms with Gasteiger partial charge in [0, 0.05) is 0 Å². The summed E-state index contributed by atoms with van der Waals surface area (Å²) in [7, 11) is 7.06. The van der Waals surface area contributed by atoms with Gasteiger partial charge >= 0.3 is 126 Å². The number of nitro groups is 1. The van der Waals surface area contributed by atoms with Gasteiger partial charge in [-0.25, -0.2) is 0 Å². The van der Waals surface area contributed by atoms with E-state index in [-0.39, 0.29) is 23.6 Å². The van der Waals surface area contributed by atoms with Crippen molar-refractivity contribution in [2.75, 3.05) is 7.11 Å². The Morgan fingerprint density at radius 3 is 2.79 bits per heavy atom. The van der Waals surface area contributed by atoms with Crippen LogP contribution in [0.1, 0.15) is 12.0 Å². The molecule has 2 N–H and O–H groups in total. The molecule has 0 saturated heterocycles. The van der Waals surface area contributed by atoms with Crippen molar-refractivity contribution < 1.29 is 43.2 Å². The molecule has 102 valence electrons.